The van der Waals surface area contributed by atoms with Crippen molar-refractivity contribution in [2.24, 2.45) is 0 Å². The van der Waals surface area contributed by atoms with Gasteiger partial charge >= 0.3 is 6.18 Å². The van der Waals surface area contributed by atoms with Crippen LogP contribution in [0.4, 0.5) is 13.2 Å². The molecule has 4 rings (SSSR count). The molecule has 3 aromatic rings. The summed E-state index contributed by atoms with van der Waals surface area (Å²) in [5.41, 5.74) is 0.557. The smallest absolute Gasteiger partial charge is 0.416 e. The molecule has 1 aliphatic heterocycles. The van der Waals surface area contributed by atoms with Gasteiger partial charge in [-0.2, -0.15) is 18.2 Å². The van der Waals surface area contributed by atoms with Crippen LogP contribution in [0, 0.1) is 0 Å². The number of ether oxygens (including phenoxy) is 1. The van der Waals surface area contributed by atoms with E-state index in [-0.39, 0.29) is 24.1 Å². The highest BCUT2D eigenvalue weighted by molar-refractivity contribution is 5.79. The van der Waals surface area contributed by atoms with Crippen molar-refractivity contribution < 1.29 is 27.2 Å². The summed E-state index contributed by atoms with van der Waals surface area (Å²) >= 11 is 0. The van der Waals surface area contributed by atoms with E-state index >= 15 is 0 Å². The Hall–Kier alpha value is -3.36. The van der Waals surface area contributed by atoms with E-state index in [0.29, 0.717) is 30.3 Å². The van der Waals surface area contributed by atoms with E-state index in [9.17, 15) is 18.0 Å². The fourth-order valence-corrected chi connectivity index (χ4v) is 3.46. The van der Waals surface area contributed by atoms with Gasteiger partial charge in [-0.05, 0) is 18.2 Å². The van der Waals surface area contributed by atoms with Crippen LogP contribution in [0.15, 0.2) is 53.1 Å². The number of amides is 1. The number of carbonyl (C=O) groups excluding carboxylic acids is 1. The number of hydrogen-bond donors (Lipinski definition) is 0. The van der Waals surface area contributed by atoms with E-state index in [2.05, 4.69) is 10.1 Å². The molecular formula is C21H18F3N3O3. The van der Waals surface area contributed by atoms with E-state index in [1.165, 1.54) is 12.1 Å². The lowest BCUT2D eigenvalue weighted by Gasteiger charge is -2.17. The average molecular weight is 417 g/mol. The van der Waals surface area contributed by atoms with E-state index in [1.54, 1.807) is 12.0 Å². The Bertz CT molecular complexity index is 1050. The molecule has 1 unspecified atom stereocenters. The van der Waals surface area contributed by atoms with Gasteiger partial charge in [0, 0.05) is 30.6 Å². The van der Waals surface area contributed by atoms with Gasteiger partial charge in [0.2, 0.25) is 17.6 Å². The second-order valence-corrected chi connectivity index (χ2v) is 7.02. The Kier molecular flexibility index (Phi) is 5.19. The minimum atomic E-state index is -4.41. The van der Waals surface area contributed by atoms with E-state index in [0.717, 1.165) is 17.7 Å². The molecule has 1 fully saturated rings. The van der Waals surface area contributed by atoms with Crippen molar-refractivity contribution in [1.29, 1.82) is 0 Å². The number of para-hydroxylation sites is 1. The third-order valence-corrected chi connectivity index (χ3v) is 5.03. The molecule has 1 saturated heterocycles. The Morgan fingerprint density at radius 2 is 1.90 bits per heavy atom. The number of hydrogen-bond acceptors (Lipinski definition) is 5. The quantitative estimate of drug-likeness (QED) is 0.620. The second-order valence-electron chi connectivity index (χ2n) is 7.02. The van der Waals surface area contributed by atoms with Crippen molar-refractivity contribution in [3.8, 4) is 17.1 Å². The van der Waals surface area contributed by atoms with Gasteiger partial charge in [-0.3, -0.25) is 4.79 Å². The average Bonchev–Trinajstić information content (AvgIpc) is 3.35. The maximum atomic E-state index is 12.7. The van der Waals surface area contributed by atoms with Crippen LogP contribution in [-0.2, 0) is 17.5 Å². The lowest BCUT2D eigenvalue weighted by molar-refractivity contribution is -0.137. The maximum Gasteiger partial charge on any atom is 0.416 e. The molecule has 9 heteroatoms. The van der Waals surface area contributed by atoms with E-state index in [4.69, 9.17) is 9.26 Å². The van der Waals surface area contributed by atoms with Crippen LogP contribution in [0.2, 0.25) is 0 Å². The molecule has 1 atom stereocenters. The molecule has 2 heterocycles. The molecule has 1 aliphatic rings. The zero-order valence-electron chi connectivity index (χ0n) is 16.0. The molecule has 0 bridgehead atoms. The molecule has 0 spiro atoms. The van der Waals surface area contributed by atoms with Crippen molar-refractivity contribution in [3.05, 3.63) is 65.5 Å². The van der Waals surface area contributed by atoms with Crippen molar-refractivity contribution in [3.63, 3.8) is 0 Å². The number of carbonyl (C=O) groups is 1. The number of aromatic nitrogens is 2. The zero-order valence-corrected chi connectivity index (χ0v) is 16.0. The van der Waals surface area contributed by atoms with Crippen LogP contribution in [0.25, 0.3) is 11.4 Å². The molecule has 0 aliphatic carbocycles. The first-order valence-electron chi connectivity index (χ1n) is 9.26. The summed E-state index contributed by atoms with van der Waals surface area (Å²) in [6, 6.07) is 12.0. The fourth-order valence-electron chi connectivity index (χ4n) is 3.46. The van der Waals surface area contributed by atoms with Crippen molar-refractivity contribution in [2.75, 3.05) is 13.7 Å². The Balaban J connectivity index is 1.47. The summed E-state index contributed by atoms with van der Waals surface area (Å²) in [4.78, 5) is 18.5. The van der Waals surface area contributed by atoms with Crippen molar-refractivity contribution in [1.82, 2.24) is 15.0 Å². The third-order valence-electron chi connectivity index (χ3n) is 5.03. The van der Waals surface area contributed by atoms with Crippen LogP contribution >= 0.6 is 0 Å². The minimum Gasteiger partial charge on any atom is -0.496 e. The summed E-state index contributed by atoms with van der Waals surface area (Å²) in [5.74, 6) is 0.870. The van der Waals surface area contributed by atoms with Gasteiger partial charge < -0.3 is 14.2 Å². The molecule has 30 heavy (non-hydrogen) atoms. The van der Waals surface area contributed by atoms with Crippen LogP contribution in [0.5, 0.6) is 5.75 Å². The third kappa shape index (κ3) is 4.00. The topological polar surface area (TPSA) is 68.5 Å². The molecule has 156 valence electrons. The molecule has 1 amide bonds. The monoisotopic (exact) mass is 417 g/mol. The molecule has 0 radical (unpaired) electrons. The summed E-state index contributed by atoms with van der Waals surface area (Å²) in [6.45, 7) is 0.810. The maximum absolute atomic E-state index is 12.7. The predicted octanol–water partition coefficient (Wildman–Crippen LogP) is 4.28. The highest BCUT2D eigenvalue weighted by Gasteiger charge is 2.35. The molecule has 2 aromatic carbocycles. The van der Waals surface area contributed by atoms with E-state index < -0.39 is 11.7 Å². The first-order chi connectivity index (χ1) is 14.3. The van der Waals surface area contributed by atoms with Gasteiger partial charge in [-0.25, -0.2) is 0 Å². The van der Waals surface area contributed by atoms with Gasteiger partial charge in [-0.15, -0.1) is 0 Å². The summed E-state index contributed by atoms with van der Waals surface area (Å²) in [7, 11) is 1.58. The number of alkyl halides is 3. The number of likely N-dealkylation sites (tertiary alicyclic amines) is 1. The Labute approximate surface area is 170 Å². The van der Waals surface area contributed by atoms with Crippen LogP contribution in [-0.4, -0.2) is 34.6 Å². The summed E-state index contributed by atoms with van der Waals surface area (Å²) < 4.78 is 48.8. The highest BCUT2D eigenvalue weighted by atomic mass is 19.4. The standard InChI is InChI=1S/C21H18F3N3O3/c1-29-17-5-3-2-4-14(17)11-27-12-15(10-18(27)28)20-25-19(26-30-20)13-6-8-16(9-7-13)21(22,23)24/h2-9,15H,10-12H2,1H3. The first-order valence-corrected chi connectivity index (χ1v) is 9.26. The number of nitrogens with zero attached hydrogens (tertiary/aromatic N) is 3. The molecular weight excluding hydrogens is 399 g/mol. The van der Waals surface area contributed by atoms with Gasteiger partial charge in [0.05, 0.1) is 18.6 Å². The molecule has 0 saturated carbocycles. The largest absolute Gasteiger partial charge is 0.496 e. The second kappa shape index (κ2) is 7.81. The van der Waals surface area contributed by atoms with Gasteiger partial charge in [0.15, 0.2) is 0 Å². The zero-order chi connectivity index (χ0) is 21.3. The van der Waals surface area contributed by atoms with Crippen molar-refractivity contribution >= 4 is 5.91 Å². The van der Waals surface area contributed by atoms with Crippen LogP contribution in [0.1, 0.15) is 29.4 Å². The normalized spacial score (nSPS) is 16.9. The number of benzene rings is 2. The number of methoxy groups -OCH3 is 1. The summed E-state index contributed by atoms with van der Waals surface area (Å²) in [5, 5.41) is 3.87. The van der Waals surface area contributed by atoms with E-state index in [1.807, 2.05) is 24.3 Å². The van der Waals surface area contributed by atoms with Gasteiger partial charge in [0.25, 0.3) is 0 Å². The minimum absolute atomic E-state index is 0.0415. The first kappa shape index (κ1) is 19.9. The highest BCUT2D eigenvalue weighted by Crippen LogP contribution is 2.33. The lowest BCUT2D eigenvalue weighted by atomic mass is 10.1. The van der Waals surface area contributed by atoms with Crippen molar-refractivity contribution in [2.45, 2.75) is 25.1 Å². The SMILES string of the molecule is COc1ccccc1CN1CC(c2nc(-c3ccc(C(F)(F)F)cc3)no2)CC1=O. The van der Waals surface area contributed by atoms with Crippen LogP contribution < -0.4 is 4.74 Å². The Morgan fingerprint density at radius 3 is 2.60 bits per heavy atom. The summed E-state index contributed by atoms with van der Waals surface area (Å²) in [6.07, 6.45) is -4.18. The molecule has 0 N–H and O–H groups in total. The van der Waals surface area contributed by atoms with Gasteiger partial charge in [0.1, 0.15) is 5.75 Å². The number of halogens is 3. The fraction of sp³-hybridized carbons (Fsp3) is 0.286. The van der Waals surface area contributed by atoms with Gasteiger partial charge in [-0.1, -0.05) is 35.5 Å². The number of rotatable bonds is 5. The van der Waals surface area contributed by atoms with Crippen LogP contribution in [0.3, 0.4) is 0 Å². The Morgan fingerprint density at radius 1 is 1.17 bits per heavy atom. The lowest BCUT2D eigenvalue weighted by Crippen LogP contribution is -2.24. The molecule has 6 nitrogen and oxygen atoms in total. The molecule has 1 aromatic heterocycles. The predicted molar refractivity (Wildman–Crippen MR) is 101 cm³/mol.